The van der Waals surface area contributed by atoms with Gasteiger partial charge in [-0.15, -0.1) is 0 Å². The maximum absolute atomic E-state index is 2.67. The molecule has 0 fully saturated rings. The van der Waals surface area contributed by atoms with E-state index >= 15 is 0 Å². The number of aryl methyl sites for hydroxylation is 2. The summed E-state index contributed by atoms with van der Waals surface area (Å²) < 4.78 is 0. The van der Waals surface area contributed by atoms with E-state index in [1.165, 1.54) is 106 Å². The van der Waals surface area contributed by atoms with E-state index in [1.54, 1.807) is 0 Å². The lowest BCUT2D eigenvalue weighted by atomic mass is 9.43. The van der Waals surface area contributed by atoms with Gasteiger partial charge in [0, 0.05) is 39.4 Å². The zero-order chi connectivity index (χ0) is 39.1. The zero-order valence-corrected chi connectivity index (χ0v) is 34.6. The largest absolute Gasteiger partial charge is 0.376 e. The molecular formula is C53H51BN2. The Balaban J connectivity index is 1.34. The number of anilines is 5. The van der Waals surface area contributed by atoms with E-state index in [1.807, 2.05) is 0 Å². The van der Waals surface area contributed by atoms with Crippen LogP contribution >= 0.6 is 0 Å². The van der Waals surface area contributed by atoms with Gasteiger partial charge in [-0.1, -0.05) is 140 Å². The normalized spacial score (nSPS) is 15.0. The fraction of sp³-hybridized carbons (Fsp3) is 0.245. The van der Waals surface area contributed by atoms with Crippen molar-refractivity contribution in [1.82, 2.24) is 0 Å². The molecule has 3 heteroatoms. The highest BCUT2D eigenvalue weighted by Gasteiger charge is 2.47. The quantitative estimate of drug-likeness (QED) is 0.164. The van der Waals surface area contributed by atoms with Crippen LogP contribution in [0.2, 0.25) is 0 Å². The van der Waals surface area contributed by atoms with Crippen LogP contribution in [-0.4, -0.2) is 6.85 Å². The summed E-state index contributed by atoms with van der Waals surface area (Å²) in [5.74, 6) is 0. The number of fused-ring (bicyclic) bond motifs is 8. The topological polar surface area (TPSA) is 6.48 Å². The van der Waals surface area contributed by atoms with Gasteiger partial charge in [-0.2, -0.15) is 0 Å². The van der Waals surface area contributed by atoms with E-state index < -0.39 is 0 Å². The van der Waals surface area contributed by atoms with E-state index in [0.29, 0.717) is 0 Å². The summed E-state index contributed by atoms with van der Waals surface area (Å²) in [5.41, 5.74) is 22.3. The Morgan fingerprint density at radius 1 is 0.500 bits per heavy atom. The molecule has 0 spiro atoms. The van der Waals surface area contributed by atoms with Crippen molar-refractivity contribution in [2.75, 3.05) is 9.71 Å². The van der Waals surface area contributed by atoms with Crippen molar-refractivity contribution >= 4 is 57.0 Å². The second kappa shape index (κ2) is 11.7. The van der Waals surface area contributed by atoms with E-state index in [0.717, 1.165) is 0 Å². The molecule has 0 unspecified atom stereocenters. The molecule has 2 aliphatic heterocycles. The van der Waals surface area contributed by atoms with Crippen molar-refractivity contribution < 1.29 is 0 Å². The molecule has 0 N–H and O–H groups in total. The molecular weight excluding hydrogens is 675 g/mol. The molecule has 0 bridgehead atoms. The monoisotopic (exact) mass is 726 g/mol. The third kappa shape index (κ3) is 5.02. The average Bonchev–Trinajstić information content (AvgIpc) is 3.38. The first-order chi connectivity index (χ1) is 26.6. The van der Waals surface area contributed by atoms with Crippen LogP contribution in [0.25, 0.3) is 33.0 Å². The summed E-state index contributed by atoms with van der Waals surface area (Å²) in [4.78, 5) is 5.28. The van der Waals surface area contributed by atoms with Crippen LogP contribution < -0.4 is 20.6 Å². The Labute approximate surface area is 333 Å². The maximum Gasteiger partial charge on any atom is 0.333 e. The Bertz CT molecular complexity index is 2770. The molecule has 3 aliphatic rings. The highest BCUT2D eigenvalue weighted by Crippen LogP contribution is 2.53. The van der Waals surface area contributed by atoms with Gasteiger partial charge in [0.15, 0.2) is 0 Å². The van der Waals surface area contributed by atoms with Gasteiger partial charge >= 0.3 is 6.85 Å². The number of rotatable bonds is 2. The predicted molar refractivity (Wildman–Crippen MR) is 242 cm³/mol. The van der Waals surface area contributed by atoms with Crippen molar-refractivity contribution in [3.8, 4) is 22.3 Å². The fourth-order valence-corrected chi connectivity index (χ4v) is 10.0. The Morgan fingerprint density at radius 2 is 1.16 bits per heavy atom. The minimum absolute atomic E-state index is 0.0451. The third-order valence-corrected chi connectivity index (χ3v) is 13.1. The second-order valence-electron chi connectivity index (χ2n) is 19.2. The Hall–Kier alpha value is -5.54. The molecule has 0 radical (unpaired) electrons. The smallest absolute Gasteiger partial charge is 0.333 e. The van der Waals surface area contributed by atoms with E-state index in [-0.39, 0.29) is 23.1 Å². The van der Waals surface area contributed by atoms with Crippen LogP contribution in [0.5, 0.6) is 0 Å². The van der Waals surface area contributed by atoms with Crippen LogP contribution in [-0.2, 0) is 16.2 Å². The first-order valence-corrected chi connectivity index (χ1v) is 20.4. The molecule has 276 valence electrons. The lowest BCUT2D eigenvalue weighted by Crippen LogP contribution is -2.61. The number of benzene rings is 7. The second-order valence-corrected chi connectivity index (χ2v) is 19.2. The van der Waals surface area contributed by atoms with Gasteiger partial charge in [-0.25, -0.2) is 0 Å². The summed E-state index contributed by atoms with van der Waals surface area (Å²) in [6.45, 7) is 23.2. The molecule has 7 aromatic rings. The molecule has 2 heterocycles. The highest BCUT2D eigenvalue weighted by molar-refractivity contribution is 6.93. The van der Waals surface area contributed by atoms with Crippen LogP contribution in [0, 0.1) is 13.8 Å². The van der Waals surface area contributed by atoms with Crippen molar-refractivity contribution in [1.29, 1.82) is 0 Å². The fourth-order valence-electron chi connectivity index (χ4n) is 10.0. The first-order valence-electron chi connectivity index (χ1n) is 20.4. The van der Waals surface area contributed by atoms with Crippen molar-refractivity contribution in [3.05, 3.63) is 161 Å². The van der Waals surface area contributed by atoms with Gasteiger partial charge < -0.3 is 9.71 Å². The average molecular weight is 727 g/mol. The van der Waals surface area contributed by atoms with Crippen molar-refractivity contribution in [3.63, 3.8) is 0 Å². The van der Waals surface area contributed by atoms with Crippen molar-refractivity contribution in [2.45, 2.75) is 85.5 Å². The van der Waals surface area contributed by atoms with Crippen LogP contribution in [0.3, 0.4) is 0 Å². The minimum atomic E-state index is -0.129. The predicted octanol–water partition coefficient (Wildman–Crippen LogP) is 13.1. The summed E-state index contributed by atoms with van der Waals surface area (Å²) in [6, 6.07) is 49.4. The lowest BCUT2D eigenvalue weighted by molar-refractivity contribution is 0.589. The molecule has 0 atom stereocenters. The maximum atomic E-state index is 2.67. The Morgan fingerprint density at radius 3 is 1.86 bits per heavy atom. The van der Waals surface area contributed by atoms with E-state index in [9.17, 15) is 0 Å². The third-order valence-electron chi connectivity index (χ3n) is 13.1. The molecule has 1 aliphatic carbocycles. The number of nitrogens with zero attached hydrogens (tertiary/aromatic N) is 2. The minimum Gasteiger partial charge on any atom is -0.376 e. The summed E-state index contributed by atoms with van der Waals surface area (Å²) in [5, 5.41) is 2.53. The van der Waals surface area contributed by atoms with Crippen LogP contribution in [0.4, 0.5) is 28.4 Å². The summed E-state index contributed by atoms with van der Waals surface area (Å²) >= 11 is 0. The molecule has 0 amide bonds. The summed E-state index contributed by atoms with van der Waals surface area (Å²) in [6.07, 6.45) is 0. The molecule has 2 nitrogen and oxygen atoms in total. The number of hydrogen-bond acceptors (Lipinski definition) is 2. The molecule has 0 saturated carbocycles. The summed E-state index contributed by atoms with van der Waals surface area (Å²) in [7, 11) is 0. The Kier molecular flexibility index (Phi) is 7.32. The molecule has 56 heavy (non-hydrogen) atoms. The highest BCUT2D eigenvalue weighted by atomic mass is 15.2. The van der Waals surface area contributed by atoms with E-state index in [2.05, 4.69) is 206 Å². The van der Waals surface area contributed by atoms with Crippen LogP contribution in [0.15, 0.2) is 127 Å². The SMILES string of the molecule is Cc1cc2c3c(c1)N(c1ccc(C(C)(C)C)cc1C)c1cc4c(cc1B3N(c1ccc(C(C)(C)C)cc1)c1cc3ccccc3cc1-2)-c1ccccc1C4(C)C. The molecule has 0 aromatic heterocycles. The van der Waals surface area contributed by atoms with Gasteiger partial charge in [-0.3, -0.25) is 0 Å². The first kappa shape index (κ1) is 34.9. The van der Waals surface area contributed by atoms with E-state index in [4.69, 9.17) is 0 Å². The molecule has 0 saturated heterocycles. The van der Waals surface area contributed by atoms with Gasteiger partial charge in [0.1, 0.15) is 0 Å². The molecule has 10 rings (SSSR count). The van der Waals surface area contributed by atoms with Gasteiger partial charge in [0.05, 0.1) is 0 Å². The lowest BCUT2D eigenvalue weighted by Gasteiger charge is -2.46. The number of hydrogen-bond donors (Lipinski definition) is 0. The molecule has 7 aromatic carbocycles. The van der Waals surface area contributed by atoms with Gasteiger partial charge in [0.2, 0.25) is 0 Å². The standard InChI is InChI=1S/C53H51BN2/c1-32-25-42-41-28-34-15-11-12-16-35(34)29-47(41)56(38-22-19-36(20-23-38)51(3,4)5)54-45-30-40-39-17-13-14-18-43(39)53(9,10)44(40)31-48(45)55(49(26-32)50(42)54)46-24-21-37(27-33(46)2)52(6,7)8/h11-31H,1-10H3. The van der Waals surface area contributed by atoms with Gasteiger partial charge in [-0.05, 0) is 139 Å². The van der Waals surface area contributed by atoms with Crippen LogP contribution in [0.1, 0.15) is 88.8 Å². The van der Waals surface area contributed by atoms with Crippen molar-refractivity contribution in [2.24, 2.45) is 0 Å². The zero-order valence-electron chi connectivity index (χ0n) is 34.6. The van der Waals surface area contributed by atoms with Gasteiger partial charge in [0.25, 0.3) is 0 Å².